The number of nitrogens with one attached hydrogen (secondary N) is 1. The molecule has 2 unspecified atom stereocenters. The number of hydrogen-bond acceptors (Lipinski definition) is 6. The predicted octanol–water partition coefficient (Wildman–Crippen LogP) is 6.30. The van der Waals surface area contributed by atoms with Crippen molar-refractivity contribution in [3.8, 4) is 0 Å². The van der Waals surface area contributed by atoms with Crippen LogP contribution in [0.5, 0.6) is 0 Å². The van der Waals surface area contributed by atoms with Crippen LogP contribution in [0, 0.1) is 5.92 Å². The number of rotatable bonds is 14. The number of imidazole rings is 1. The molecule has 3 N–H and O–H groups in total. The van der Waals surface area contributed by atoms with Gasteiger partial charge in [-0.3, -0.25) is 0 Å². The summed E-state index contributed by atoms with van der Waals surface area (Å²) in [5, 5.41) is 0. The monoisotopic (exact) mass is 586 g/mol. The highest BCUT2D eigenvalue weighted by atomic mass is 32.2. The first-order valence-electron chi connectivity index (χ1n) is 13.8. The fourth-order valence-corrected chi connectivity index (χ4v) is 5.46. The van der Waals surface area contributed by atoms with E-state index in [0.717, 1.165) is 42.4 Å². The maximum absolute atomic E-state index is 14.3. The highest BCUT2D eigenvalue weighted by molar-refractivity contribution is 7.90. The quantitative estimate of drug-likeness (QED) is 0.153. The van der Waals surface area contributed by atoms with Crippen molar-refractivity contribution in [3.63, 3.8) is 0 Å². The van der Waals surface area contributed by atoms with Gasteiger partial charge in [0.25, 0.3) is 5.92 Å². The molecule has 0 aliphatic heterocycles. The molecule has 0 bridgehead atoms. The Labute approximate surface area is 236 Å². The van der Waals surface area contributed by atoms with Crippen molar-refractivity contribution in [3.05, 3.63) is 29.6 Å². The average Bonchev–Trinajstić information content (AvgIpc) is 3.58. The van der Waals surface area contributed by atoms with Crippen molar-refractivity contribution in [2.75, 3.05) is 13.2 Å². The molecule has 3 atom stereocenters. The molecule has 0 spiro atoms. The lowest BCUT2D eigenvalue weighted by Gasteiger charge is -2.34. The molecule has 1 aliphatic carbocycles. The number of fused-ring (bicyclic) bond motifs is 1. The van der Waals surface area contributed by atoms with Gasteiger partial charge in [-0.25, -0.2) is 13.8 Å². The van der Waals surface area contributed by atoms with Gasteiger partial charge in [0.15, 0.2) is 0 Å². The molecule has 7 nitrogen and oxygen atoms in total. The molecule has 1 aliphatic rings. The van der Waals surface area contributed by atoms with Crippen molar-refractivity contribution in [2.45, 2.75) is 115 Å². The van der Waals surface area contributed by atoms with Crippen LogP contribution in [0.25, 0.3) is 11.0 Å². The first-order valence-corrected chi connectivity index (χ1v) is 18.7. The van der Waals surface area contributed by atoms with Crippen LogP contribution in [0.15, 0.2) is 18.2 Å². The highest BCUT2D eigenvalue weighted by Gasteiger charge is 2.44. The van der Waals surface area contributed by atoms with Crippen LogP contribution < -0.4 is 10.5 Å². The first-order chi connectivity index (χ1) is 17.8. The Kier molecular flexibility index (Phi) is 10.0. The summed E-state index contributed by atoms with van der Waals surface area (Å²) in [5.41, 5.74) is 7.36. The van der Waals surface area contributed by atoms with Gasteiger partial charge >= 0.3 is 0 Å². The predicted molar refractivity (Wildman–Crippen MR) is 158 cm³/mol. The molecule has 1 aromatic carbocycles. The van der Waals surface area contributed by atoms with E-state index >= 15 is 0 Å². The van der Waals surface area contributed by atoms with Crippen LogP contribution in [0.1, 0.15) is 77.9 Å². The number of hydrogen-bond donors (Lipinski definition) is 2. The van der Waals surface area contributed by atoms with E-state index < -0.39 is 41.7 Å². The number of aromatic nitrogens is 2. The molecule has 0 saturated heterocycles. The molecule has 1 aromatic heterocycles. The van der Waals surface area contributed by atoms with Crippen LogP contribution in [-0.2, 0) is 27.6 Å². The Morgan fingerprint density at radius 2 is 1.82 bits per heavy atom. The van der Waals surface area contributed by atoms with Crippen molar-refractivity contribution >= 4 is 30.5 Å². The molecule has 0 radical (unpaired) electrons. The van der Waals surface area contributed by atoms with E-state index in [0.29, 0.717) is 18.3 Å². The Bertz CT molecular complexity index is 1110. The number of halogens is 2. The van der Waals surface area contributed by atoms with Gasteiger partial charge in [0.2, 0.25) is 0 Å². The zero-order valence-corrected chi connectivity index (χ0v) is 26.9. The Balaban J connectivity index is 2.01. The fourth-order valence-electron chi connectivity index (χ4n) is 3.92. The van der Waals surface area contributed by atoms with E-state index in [2.05, 4.69) is 24.4 Å². The first kappa shape index (κ1) is 32.4. The maximum Gasteiger partial charge on any atom is 0.273 e. The number of alkyl halides is 2. The van der Waals surface area contributed by atoms with E-state index in [1.165, 1.54) is 13.8 Å². The molecule has 2 aromatic rings. The lowest BCUT2D eigenvalue weighted by molar-refractivity contribution is -0.183. The second kappa shape index (κ2) is 12.0. The van der Waals surface area contributed by atoms with Gasteiger partial charge in [-0.05, 0) is 77.1 Å². The topological polar surface area (TPSA) is 97.4 Å². The lowest BCUT2D eigenvalue weighted by Crippen LogP contribution is -2.47. The van der Waals surface area contributed by atoms with E-state index in [4.69, 9.17) is 20.2 Å². The fraction of sp³-hybridized carbons (Fsp3) is 0.750. The number of nitrogens with zero attached hydrogens (tertiary/aromatic N) is 2. The van der Waals surface area contributed by atoms with Crippen molar-refractivity contribution < 1.29 is 22.8 Å². The molecule has 1 heterocycles. The molecule has 1 saturated carbocycles. The standard InChI is InChI=1S/C28H48F2N4O3SSi/c1-26(2,3)38(35)33-22(17-37-27(4,5)28(6,29)30)25-32-21-16-20(24(31)19-10-11-19)12-13-23(21)34(25)18-36-14-15-39(7,8)9/h12-13,16,19,22,24,33H,10-11,14-15,17-18,31H2,1-9H3/t22?,24?,38-/m1/s1. The van der Waals surface area contributed by atoms with Gasteiger partial charge in [-0.1, -0.05) is 25.7 Å². The minimum absolute atomic E-state index is 0.0470. The zero-order chi connectivity index (χ0) is 29.4. The minimum Gasteiger partial charge on any atom is -0.598 e. The van der Waals surface area contributed by atoms with Gasteiger partial charge < -0.3 is 24.3 Å². The van der Waals surface area contributed by atoms with Gasteiger partial charge in [-0.2, -0.15) is 0 Å². The van der Waals surface area contributed by atoms with Gasteiger partial charge in [0, 0.05) is 39.0 Å². The molecule has 3 rings (SSSR count). The van der Waals surface area contributed by atoms with Crippen molar-refractivity contribution in [1.29, 1.82) is 0 Å². The SMILES string of the molecule is CC(C)(C)[S@@+]([O-])NC(COC(C)(C)C(C)(F)F)c1nc2cc(C(N)C3CC3)ccc2n1COCC[Si](C)(C)C. The summed E-state index contributed by atoms with van der Waals surface area (Å²) >= 11 is -1.50. The second-order valence-corrected chi connectivity index (χ2v) is 21.2. The van der Waals surface area contributed by atoms with Crippen LogP contribution in [-0.4, -0.2) is 51.7 Å². The third kappa shape index (κ3) is 8.70. The van der Waals surface area contributed by atoms with E-state index in [-0.39, 0.29) is 19.4 Å². The number of nitrogens with two attached hydrogens (primary N) is 1. The third-order valence-corrected chi connectivity index (χ3v) is 10.6. The third-order valence-electron chi connectivity index (χ3n) is 7.32. The normalized spacial score (nSPS) is 18.0. The Hall–Kier alpha value is -1.08. The Morgan fingerprint density at radius 1 is 1.18 bits per heavy atom. The van der Waals surface area contributed by atoms with E-state index in [1.807, 2.05) is 43.5 Å². The Morgan fingerprint density at radius 3 is 2.36 bits per heavy atom. The molecule has 222 valence electrons. The summed E-state index contributed by atoms with van der Waals surface area (Å²) in [6.45, 7) is 16.7. The summed E-state index contributed by atoms with van der Waals surface area (Å²) in [7, 11) is -1.30. The van der Waals surface area contributed by atoms with Crippen LogP contribution in [0.3, 0.4) is 0 Å². The van der Waals surface area contributed by atoms with E-state index in [9.17, 15) is 13.3 Å². The second-order valence-electron chi connectivity index (χ2n) is 13.6. The molecule has 0 amide bonds. The average molecular weight is 587 g/mol. The van der Waals surface area contributed by atoms with Crippen LogP contribution >= 0.6 is 0 Å². The smallest absolute Gasteiger partial charge is 0.273 e. The van der Waals surface area contributed by atoms with Crippen molar-refractivity contribution in [2.24, 2.45) is 11.7 Å². The minimum atomic E-state index is -3.07. The highest BCUT2D eigenvalue weighted by Crippen LogP contribution is 2.40. The van der Waals surface area contributed by atoms with Gasteiger partial charge in [0.1, 0.15) is 28.9 Å². The summed E-state index contributed by atoms with van der Waals surface area (Å²) in [6, 6.07) is 6.27. The van der Waals surface area contributed by atoms with Crippen molar-refractivity contribution in [1.82, 2.24) is 14.3 Å². The van der Waals surface area contributed by atoms with E-state index in [1.54, 1.807) is 0 Å². The largest absolute Gasteiger partial charge is 0.598 e. The molecule has 1 fully saturated rings. The summed E-state index contributed by atoms with van der Waals surface area (Å²) in [5.74, 6) is -2.05. The molecule has 11 heteroatoms. The number of ether oxygens (including phenoxy) is 2. The molecular formula is C28H48F2N4O3SSi. The summed E-state index contributed by atoms with van der Waals surface area (Å²) in [4.78, 5) is 4.93. The van der Waals surface area contributed by atoms with Crippen LogP contribution in [0.4, 0.5) is 8.78 Å². The van der Waals surface area contributed by atoms with Crippen LogP contribution in [0.2, 0.25) is 25.7 Å². The zero-order valence-electron chi connectivity index (χ0n) is 25.1. The summed E-state index contributed by atoms with van der Waals surface area (Å²) < 4.78 is 58.2. The molecular weight excluding hydrogens is 538 g/mol. The summed E-state index contributed by atoms with van der Waals surface area (Å²) in [6.07, 6.45) is 2.26. The van der Waals surface area contributed by atoms with Gasteiger partial charge in [-0.15, -0.1) is 4.72 Å². The maximum atomic E-state index is 14.3. The number of benzene rings is 1. The van der Waals surface area contributed by atoms with Gasteiger partial charge in [0.05, 0.1) is 17.6 Å². The molecule has 39 heavy (non-hydrogen) atoms. The lowest BCUT2D eigenvalue weighted by atomic mass is 10.0.